The Morgan fingerprint density at radius 1 is 1.07 bits per heavy atom. The van der Waals surface area contributed by atoms with Gasteiger partial charge in [0.15, 0.2) is 0 Å². The van der Waals surface area contributed by atoms with E-state index in [1.807, 2.05) is 0 Å². The highest BCUT2D eigenvalue weighted by Crippen LogP contribution is 2.24. The minimum absolute atomic E-state index is 0.0203. The molecule has 29 heavy (non-hydrogen) atoms. The number of nitrogens with one attached hydrogen (secondary N) is 2. The number of carbonyl (C=O) groups excluding carboxylic acids is 2. The van der Waals surface area contributed by atoms with Crippen LogP contribution in [0.15, 0.2) is 18.2 Å². The fraction of sp³-hybridized carbons (Fsp3) is 0.526. The Bertz CT molecular complexity index is 719. The van der Waals surface area contributed by atoms with Crippen LogP contribution >= 0.6 is 0 Å². The first-order valence-electron chi connectivity index (χ1n) is 9.33. The molecule has 10 nitrogen and oxygen atoms in total. The molecule has 0 bridgehead atoms. The normalized spacial score (nSPS) is 14.5. The lowest BCUT2D eigenvalue weighted by Gasteiger charge is -2.36. The van der Waals surface area contributed by atoms with E-state index in [9.17, 15) is 19.5 Å². The van der Waals surface area contributed by atoms with Crippen LogP contribution < -0.4 is 15.5 Å². The molecule has 1 aromatic carbocycles. The smallest absolute Gasteiger partial charge is 0.337 e. The summed E-state index contributed by atoms with van der Waals surface area (Å²) in [5, 5.41) is 14.8. The van der Waals surface area contributed by atoms with Gasteiger partial charge in [0.05, 0.1) is 24.4 Å². The fourth-order valence-corrected chi connectivity index (χ4v) is 3.05. The Labute approximate surface area is 169 Å². The maximum Gasteiger partial charge on any atom is 0.337 e. The second-order valence-corrected chi connectivity index (χ2v) is 6.62. The van der Waals surface area contributed by atoms with E-state index in [1.54, 1.807) is 25.3 Å². The van der Waals surface area contributed by atoms with E-state index in [4.69, 9.17) is 9.47 Å². The maximum atomic E-state index is 11.9. The molecule has 2 rings (SSSR count). The van der Waals surface area contributed by atoms with Gasteiger partial charge in [-0.2, -0.15) is 0 Å². The van der Waals surface area contributed by atoms with Crippen LogP contribution in [0.2, 0.25) is 0 Å². The van der Waals surface area contributed by atoms with Crippen molar-refractivity contribution in [3.8, 4) is 0 Å². The second kappa shape index (κ2) is 11.3. The Morgan fingerprint density at radius 2 is 1.79 bits per heavy atom. The summed E-state index contributed by atoms with van der Waals surface area (Å²) in [5.41, 5.74) is 1.01. The van der Waals surface area contributed by atoms with Gasteiger partial charge in [0, 0.05) is 52.6 Å². The second-order valence-electron chi connectivity index (χ2n) is 6.62. The first-order valence-corrected chi connectivity index (χ1v) is 9.33. The summed E-state index contributed by atoms with van der Waals surface area (Å²) < 4.78 is 9.66. The topological polar surface area (TPSA) is 120 Å². The molecular formula is C19H28N4O6. The van der Waals surface area contributed by atoms with Crippen molar-refractivity contribution in [1.29, 1.82) is 0 Å². The summed E-state index contributed by atoms with van der Waals surface area (Å²) in [4.78, 5) is 39.3. The number of carboxylic acid groups (broad SMARTS) is 1. The summed E-state index contributed by atoms with van der Waals surface area (Å²) >= 11 is 0. The van der Waals surface area contributed by atoms with Crippen LogP contribution in [0, 0.1) is 0 Å². The highest BCUT2D eigenvalue weighted by Gasteiger charge is 2.21. The van der Waals surface area contributed by atoms with Crippen LogP contribution in [0.3, 0.4) is 0 Å². The van der Waals surface area contributed by atoms with Gasteiger partial charge in [-0.25, -0.2) is 4.79 Å². The molecule has 1 heterocycles. The van der Waals surface area contributed by atoms with Crippen LogP contribution in [0.1, 0.15) is 10.4 Å². The maximum absolute atomic E-state index is 11.9. The van der Waals surface area contributed by atoms with E-state index < -0.39 is 11.9 Å². The van der Waals surface area contributed by atoms with Crippen molar-refractivity contribution >= 4 is 29.2 Å². The summed E-state index contributed by atoms with van der Waals surface area (Å²) in [6.45, 7) is 3.84. The molecule has 1 aliphatic heterocycles. The van der Waals surface area contributed by atoms with Gasteiger partial charge in [-0.3, -0.25) is 14.5 Å². The number of rotatable bonds is 10. The van der Waals surface area contributed by atoms with Crippen molar-refractivity contribution in [1.82, 2.24) is 10.2 Å². The summed E-state index contributed by atoms with van der Waals surface area (Å²) in [6, 6.07) is 4.92. The van der Waals surface area contributed by atoms with E-state index in [0.29, 0.717) is 45.9 Å². The van der Waals surface area contributed by atoms with Gasteiger partial charge < -0.3 is 30.1 Å². The number of piperazine rings is 1. The van der Waals surface area contributed by atoms with E-state index in [-0.39, 0.29) is 23.8 Å². The van der Waals surface area contributed by atoms with Crippen LogP contribution in [0.25, 0.3) is 0 Å². The number of amides is 2. The van der Waals surface area contributed by atoms with Crippen molar-refractivity contribution in [3.63, 3.8) is 0 Å². The van der Waals surface area contributed by atoms with Gasteiger partial charge in [-0.15, -0.1) is 0 Å². The zero-order valence-electron chi connectivity index (χ0n) is 16.8. The van der Waals surface area contributed by atoms with Crippen molar-refractivity contribution < 1.29 is 29.0 Å². The minimum Gasteiger partial charge on any atom is -0.478 e. The largest absolute Gasteiger partial charge is 0.478 e. The molecule has 0 spiro atoms. The number of carbonyl (C=O) groups is 3. The molecule has 1 fully saturated rings. The highest BCUT2D eigenvalue weighted by atomic mass is 16.5. The quantitative estimate of drug-likeness (QED) is 0.458. The van der Waals surface area contributed by atoms with Crippen molar-refractivity contribution in [2.24, 2.45) is 0 Å². The number of hydrogen-bond acceptors (Lipinski definition) is 7. The molecule has 0 unspecified atom stereocenters. The van der Waals surface area contributed by atoms with Crippen LogP contribution in [-0.4, -0.2) is 94.5 Å². The molecular weight excluding hydrogens is 380 g/mol. The summed E-state index contributed by atoms with van der Waals surface area (Å²) in [6.07, 6.45) is 0. The third kappa shape index (κ3) is 7.00. The van der Waals surface area contributed by atoms with Gasteiger partial charge in [-0.05, 0) is 18.2 Å². The Morgan fingerprint density at radius 3 is 2.41 bits per heavy atom. The molecule has 3 N–H and O–H groups in total. The predicted molar refractivity (Wildman–Crippen MR) is 107 cm³/mol. The van der Waals surface area contributed by atoms with Gasteiger partial charge in [0.25, 0.3) is 0 Å². The molecule has 1 aliphatic rings. The van der Waals surface area contributed by atoms with E-state index in [2.05, 4.69) is 20.4 Å². The Kier molecular flexibility index (Phi) is 8.84. The van der Waals surface area contributed by atoms with Gasteiger partial charge in [0.1, 0.15) is 6.61 Å². The standard InChI is InChI=1S/C19H28N4O6/c1-28-10-5-20-17(24)12-22-6-8-23(9-7-22)14-3-4-16(15(11-14)19(26)27)21-18(25)13-29-2/h3-4,11H,5-10,12-13H2,1-2H3,(H,20,24)(H,21,25)(H,26,27). The lowest BCUT2D eigenvalue weighted by atomic mass is 10.1. The SMILES string of the molecule is COCCNC(=O)CN1CCN(c2ccc(NC(=O)COC)c(C(=O)O)c2)CC1. The minimum atomic E-state index is -1.12. The Balaban J connectivity index is 1.94. The van der Waals surface area contributed by atoms with Crippen molar-refractivity contribution in [2.75, 3.05) is 76.9 Å². The first-order chi connectivity index (χ1) is 13.9. The number of ether oxygens (including phenoxy) is 2. The first kappa shape index (κ1) is 22.6. The molecule has 0 atom stereocenters. The molecule has 160 valence electrons. The van der Waals surface area contributed by atoms with E-state index >= 15 is 0 Å². The molecule has 2 amide bonds. The summed E-state index contributed by atoms with van der Waals surface area (Å²) in [7, 11) is 2.98. The van der Waals surface area contributed by atoms with Gasteiger partial charge in [0.2, 0.25) is 11.8 Å². The molecule has 0 aliphatic carbocycles. The van der Waals surface area contributed by atoms with E-state index in [1.165, 1.54) is 7.11 Å². The monoisotopic (exact) mass is 408 g/mol. The zero-order chi connectivity index (χ0) is 21.2. The highest BCUT2D eigenvalue weighted by molar-refractivity contribution is 6.01. The predicted octanol–water partition coefficient (Wildman–Crippen LogP) is -0.146. The van der Waals surface area contributed by atoms with Crippen LogP contribution in [0.5, 0.6) is 0 Å². The lowest BCUT2D eigenvalue weighted by Crippen LogP contribution is -2.49. The Hall–Kier alpha value is -2.69. The molecule has 0 aromatic heterocycles. The third-order valence-corrected chi connectivity index (χ3v) is 4.52. The molecule has 0 saturated carbocycles. The van der Waals surface area contributed by atoms with Crippen molar-refractivity contribution in [3.05, 3.63) is 23.8 Å². The average molecular weight is 408 g/mol. The number of aromatic carboxylic acids is 1. The zero-order valence-corrected chi connectivity index (χ0v) is 16.8. The van der Waals surface area contributed by atoms with Crippen LogP contribution in [0.4, 0.5) is 11.4 Å². The number of benzene rings is 1. The number of nitrogens with zero attached hydrogens (tertiary/aromatic N) is 2. The van der Waals surface area contributed by atoms with Gasteiger partial charge in [-0.1, -0.05) is 0 Å². The fourth-order valence-electron chi connectivity index (χ4n) is 3.05. The number of carboxylic acids is 1. The lowest BCUT2D eigenvalue weighted by molar-refractivity contribution is -0.122. The average Bonchev–Trinajstić information content (AvgIpc) is 2.69. The third-order valence-electron chi connectivity index (χ3n) is 4.52. The molecule has 1 saturated heterocycles. The van der Waals surface area contributed by atoms with Crippen molar-refractivity contribution in [2.45, 2.75) is 0 Å². The van der Waals surface area contributed by atoms with Crippen LogP contribution in [-0.2, 0) is 19.1 Å². The number of hydrogen-bond donors (Lipinski definition) is 3. The van der Waals surface area contributed by atoms with Gasteiger partial charge >= 0.3 is 5.97 Å². The van der Waals surface area contributed by atoms with E-state index in [0.717, 1.165) is 5.69 Å². The number of methoxy groups -OCH3 is 2. The summed E-state index contributed by atoms with van der Waals surface area (Å²) in [5.74, 6) is -1.58. The number of anilines is 2. The molecule has 0 radical (unpaired) electrons. The molecule has 1 aromatic rings. The molecule has 10 heteroatoms.